The summed E-state index contributed by atoms with van der Waals surface area (Å²) in [6.45, 7) is 16.5. The van der Waals surface area contributed by atoms with E-state index in [1.807, 2.05) is 53.3 Å². The van der Waals surface area contributed by atoms with Crippen LogP contribution in [0.5, 0.6) is 0 Å². The van der Waals surface area contributed by atoms with Crippen molar-refractivity contribution in [2.24, 2.45) is 0 Å². The van der Waals surface area contributed by atoms with Gasteiger partial charge in [0.05, 0.1) is 0 Å². The van der Waals surface area contributed by atoms with Gasteiger partial charge in [-0.25, -0.2) is 0 Å². The highest BCUT2D eigenvalue weighted by atomic mass is 32.2. The Morgan fingerprint density at radius 1 is 0.852 bits per heavy atom. The molecule has 1 unspecified atom stereocenters. The number of hydrogen-bond donors (Lipinski definition) is 0. The molecule has 27 heavy (non-hydrogen) atoms. The Morgan fingerprint density at radius 3 is 2.07 bits per heavy atom. The lowest BCUT2D eigenvalue weighted by Crippen LogP contribution is -2.05. The fourth-order valence-electron chi connectivity index (χ4n) is 3.15. The minimum absolute atomic E-state index is 0.563. The second kappa shape index (κ2) is 14.6. The van der Waals surface area contributed by atoms with Gasteiger partial charge >= 0.3 is 0 Å². The Balaban J connectivity index is 0.00000103. The molecule has 0 amide bonds. The Kier molecular flexibility index (Phi) is 13.8. The van der Waals surface area contributed by atoms with Gasteiger partial charge < -0.3 is 0 Å². The molecule has 3 rings (SSSR count). The van der Waals surface area contributed by atoms with Gasteiger partial charge in [-0.05, 0) is 53.3 Å². The molecular weight excluding hydrogens is 344 g/mol. The molecule has 0 nitrogen and oxygen atoms in total. The smallest absolute Gasteiger partial charge is 0.0181 e. The van der Waals surface area contributed by atoms with Crippen LogP contribution in [0.4, 0.5) is 0 Å². The summed E-state index contributed by atoms with van der Waals surface area (Å²) in [6.07, 6.45) is 7.84. The first-order valence-corrected chi connectivity index (χ1v) is 12.0. The van der Waals surface area contributed by atoms with Gasteiger partial charge in [0.15, 0.2) is 0 Å². The van der Waals surface area contributed by atoms with Crippen LogP contribution in [-0.2, 0) is 12.2 Å². The van der Waals surface area contributed by atoms with E-state index in [9.17, 15) is 0 Å². The third kappa shape index (κ3) is 7.58. The van der Waals surface area contributed by atoms with Crippen molar-refractivity contribution >= 4 is 23.9 Å². The van der Waals surface area contributed by atoms with E-state index in [-0.39, 0.29) is 0 Å². The molecule has 0 bridgehead atoms. The van der Waals surface area contributed by atoms with Crippen molar-refractivity contribution in [2.45, 2.75) is 73.5 Å². The molecule has 1 heteroatoms. The normalized spacial score (nSPS) is 14.9. The lowest BCUT2D eigenvalue weighted by atomic mass is 9.85. The van der Waals surface area contributed by atoms with Crippen LogP contribution in [0.3, 0.4) is 0 Å². The summed E-state index contributed by atoms with van der Waals surface area (Å²) in [6, 6.07) is 13.8. The molecule has 2 aromatic rings. The zero-order valence-corrected chi connectivity index (χ0v) is 19.8. The first-order valence-electron chi connectivity index (χ1n) is 10.6. The molecule has 0 spiro atoms. The van der Waals surface area contributed by atoms with Crippen LogP contribution in [0.1, 0.15) is 87.8 Å². The van der Waals surface area contributed by atoms with Gasteiger partial charge in [-0.15, -0.1) is 0 Å². The van der Waals surface area contributed by atoms with Crippen LogP contribution in [0, 0.1) is 6.92 Å². The highest BCUT2D eigenvalue weighted by Crippen LogP contribution is 2.31. The Hall–Kier alpha value is -1.47. The van der Waals surface area contributed by atoms with Crippen molar-refractivity contribution in [2.75, 3.05) is 6.26 Å². The first kappa shape index (κ1) is 25.5. The molecule has 1 atom stereocenters. The third-order valence-corrected chi connectivity index (χ3v) is 4.88. The summed E-state index contributed by atoms with van der Waals surface area (Å²) < 4.78 is 0. The molecule has 0 fully saturated rings. The summed E-state index contributed by atoms with van der Waals surface area (Å²) in [4.78, 5) is 0. The SMILES string of the molecule is CC.CC.CC.CSCc1ccc2c(c1)CC(C)c1cc(C)ccc1/C=C\2. The monoisotopic (exact) mass is 384 g/mol. The maximum absolute atomic E-state index is 2.40. The summed E-state index contributed by atoms with van der Waals surface area (Å²) in [5.41, 5.74) is 8.49. The molecule has 0 N–H and O–H groups in total. The van der Waals surface area contributed by atoms with Gasteiger partial charge in [0.1, 0.15) is 0 Å². The summed E-state index contributed by atoms with van der Waals surface area (Å²) >= 11 is 1.89. The molecule has 150 valence electrons. The Labute approximate surface area is 173 Å². The fourth-order valence-corrected chi connectivity index (χ4v) is 3.66. The number of aryl methyl sites for hydroxylation is 1. The Morgan fingerprint density at radius 2 is 1.44 bits per heavy atom. The van der Waals surface area contributed by atoms with Crippen molar-refractivity contribution in [3.63, 3.8) is 0 Å². The molecule has 1 aliphatic rings. The molecular formula is C26H40S. The van der Waals surface area contributed by atoms with Gasteiger partial charge in [0.2, 0.25) is 0 Å². The van der Waals surface area contributed by atoms with Crippen molar-refractivity contribution in [1.82, 2.24) is 0 Å². The summed E-state index contributed by atoms with van der Waals surface area (Å²) in [5.74, 6) is 1.66. The zero-order chi connectivity index (χ0) is 20.8. The number of thioether (sulfide) groups is 1. The van der Waals surface area contributed by atoms with Crippen LogP contribution >= 0.6 is 11.8 Å². The molecule has 1 aliphatic carbocycles. The quantitative estimate of drug-likeness (QED) is 0.498. The van der Waals surface area contributed by atoms with E-state index in [2.05, 4.69) is 68.7 Å². The van der Waals surface area contributed by atoms with E-state index in [0.717, 1.165) is 12.2 Å². The second-order valence-corrected chi connectivity index (χ2v) is 6.90. The summed E-state index contributed by atoms with van der Waals surface area (Å²) in [5, 5.41) is 0. The van der Waals surface area contributed by atoms with Gasteiger partial charge in [0, 0.05) is 5.75 Å². The maximum atomic E-state index is 2.40. The van der Waals surface area contributed by atoms with Crippen molar-refractivity contribution in [1.29, 1.82) is 0 Å². The van der Waals surface area contributed by atoms with Crippen molar-refractivity contribution in [3.05, 3.63) is 69.8 Å². The van der Waals surface area contributed by atoms with Crippen LogP contribution in [0.15, 0.2) is 36.4 Å². The highest BCUT2D eigenvalue weighted by molar-refractivity contribution is 7.97. The molecule has 0 saturated heterocycles. The van der Waals surface area contributed by atoms with E-state index in [1.165, 1.54) is 33.4 Å². The number of benzene rings is 2. The van der Waals surface area contributed by atoms with Crippen molar-refractivity contribution < 1.29 is 0 Å². The van der Waals surface area contributed by atoms with Crippen LogP contribution in [0.2, 0.25) is 0 Å². The Bertz CT molecular complexity index is 683. The molecule has 0 aliphatic heterocycles. The lowest BCUT2D eigenvalue weighted by Gasteiger charge is -2.20. The predicted molar refractivity (Wildman–Crippen MR) is 130 cm³/mol. The predicted octanol–water partition coefficient (Wildman–Crippen LogP) is 8.77. The number of hydrogen-bond acceptors (Lipinski definition) is 1. The minimum atomic E-state index is 0.563. The van der Waals surface area contributed by atoms with Gasteiger partial charge in [-0.2, -0.15) is 11.8 Å². The molecule has 0 saturated carbocycles. The molecule has 0 aromatic heterocycles. The molecule has 2 aromatic carbocycles. The standard InChI is InChI=1S/C20H22S.3C2H6/c1-14-4-6-18-9-8-17-7-5-16(13-21-3)12-19(17)11-15(2)20(18)10-14;3*1-2/h4-10,12,15H,11,13H2,1-3H3;3*1-2H3/b9-8-;;;. The van der Waals surface area contributed by atoms with Crippen molar-refractivity contribution in [3.8, 4) is 0 Å². The average molecular weight is 385 g/mol. The number of rotatable bonds is 2. The van der Waals surface area contributed by atoms with E-state index < -0.39 is 0 Å². The highest BCUT2D eigenvalue weighted by Gasteiger charge is 2.15. The second-order valence-electron chi connectivity index (χ2n) is 6.04. The first-order chi connectivity index (χ1) is 13.2. The maximum Gasteiger partial charge on any atom is 0.0181 e. The zero-order valence-electron chi connectivity index (χ0n) is 19.0. The van der Waals surface area contributed by atoms with Crippen LogP contribution in [-0.4, -0.2) is 6.26 Å². The summed E-state index contributed by atoms with van der Waals surface area (Å²) in [7, 11) is 0. The van der Waals surface area contributed by atoms with E-state index in [1.54, 1.807) is 0 Å². The minimum Gasteiger partial charge on any atom is -0.161 e. The largest absolute Gasteiger partial charge is 0.161 e. The van der Waals surface area contributed by atoms with E-state index >= 15 is 0 Å². The molecule has 0 radical (unpaired) electrons. The van der Waals surface area contributed by atoms with Crippen LogP contribution in [0.25, 0.3) is 12.2 Å². The fraction of sp³-hybridized carbons (Fsp3) is 0.462. The average Bonchev–Trinajstić information content (AvgIpc) is 2.72. The van der Waals surface area contributed by atoms with Gasteiger partial charge in [-0.3, -0.25) is 0 Å². The topological polar surface area (TPSA) is 0 Å². The van der Waals surface area contributed by atoms with Gasteiger partial charge in [-0.1, -0.05) is 103 Å². The third-order valence-electron chi connectivity index (χ3n) is 4.26. The van der Waals surface area contributed by atoms with E-state index in [0.29, 0.717) is 5.92 Å². The van der Waals surface area contributed by atoms with E-state index in [4.69, 9.17) is 0 Å². The molecule has 0 heterocycles. The van der Waals surface area contributed by atoms with Gasteiger partial charge in [0.25, 0.3) is 0 Å². The lowest BCUT2D eigenvalue weighted by molar-refractivity contribution is 0.754. The van der Waals surface area contributed by atoms with Crippen LogP contribution < -0.4 is 0 Å². The number of fused-ring (bicyclic) bond motifs is 2.